The lowest BCUT2D eigenvalue weighted by Gasteiger charge is -2.43. The molecule has 0 radical (unpaired) electrons. The fourth-order valence-electron chi connectivity index (χ4n) is 2.17. The van der Waals surface area contributed by atoms with E-state index in [1.165, 1.54) is 31.5 Å². The maximum Gasteiger partial charge on any atom is 0.0750 e. The Morgan fingerprint density at radius 2 is 2.14 bits per heavy atom. The zero-order chi connectivity index (χ0) is 9.54. The Kier molecular flexibility index (Phi) is 1.80. The van der Waals surface area contributed by atoms with Gasteiger partial charge in [0.25, 0.3) is 0 Å². The van der Waals surface area contributed by atoms with E-state index in [-0.39, 0.29) is 0 Å². The van der Waals surface area contributed by atoms with Crippen LogP contribution in [0.4, 0.5) is 0 Å². The summed E-state index contributed by atoms with van der Waals surface area (Å²) >= 11 is 0. The quantitative estimate of drug-likeness (QED) is 0.700. The second kappa shape index (κ2) is 3.02. The molecule has 0 atom stereocenters. The van der Waals surface area contributed by atoms with E-state index in [2.05, 4.69) is 40.9 Å². The highest BCUT2D eigenvalue weighted by Crippen LogP contribution is 2.38. The van der Waals surface area contributed by atoms with Crippen LogP contribution in [0.1, 0.15) is 12.8 Å². The van der Waals surface area contributed by atoms with E-state index in [1.54, 1.807) is 0 Å². The molecule has 1 N–H and O–H groups in total. The second-order valence-corrected chi connectivity index (χ2v) is 4.65. The molecule has 3 rings (SSSR count). The Balaban J connectivity index is 1.67. The van der Waals surface area contributed by atoms with Crippen molar-refractivity contribution in [2.75, 3.05) is 20.1 Å². The first kappa shape index (κ1) is 8.36. The lowest BCUT2D eigenvalue weighted by molar-refractivity contribution is 0.0621. The van der Waals surface area contributed by atoms with Crippen LogP contribution >= 0.6 is 0 Å². The molecule has 2 aliphatic heterocycles. The van der Waals surface area contributed by atoms with E-state index in [0.29, 0.717) is 6.04 Å². The van der Waals surface area contributed by atoms with Crippen molar-refractivity contribution in [2.24, 2.45) is 5.92 Å². The molecule has 3 heteroatoms. The van der Waals surface area contributed by atoms with E-state index in [9.17, 15) is 0 Å². The van der Waals surface area contributed by atoms with Crippen LogP contribution in [0.3, 0.4) is 0 Å². The topological polar surface area (TPSA) is 18.5 Å². The Hall–Kier alpha value is -0.960. The average Bonchev–Trinajstić information content (AvgIpc) is 2.96. The summed E-state index contributed by atoms with van der Waals surface area (Å²) in [5, 5.41) is 2.27. The largest absolute Gasteiger partial charge is 0.306 e. The van der Waals surface area contributed by atoms with E-state index >= 15 is 0 Å². The molecule has 0 unspecified atom stereocenters. The molecular formula is C11H17N3. The first-order valence-electron chi connectivity index (χ1n) is 5.44. The van der Waals surface area contributed by atoms with E-state index in [0.717, 1.165) is 5.92 Å². The van der Waals surface area contributed by atoms with Gasteiger partial charge in [-0.15, -0.1) is 0 Å². The van der Waals surface area contributed by atoms with Gasteiger partial charge in [0.1, 0.15) is 0 Å². The number of allylic oxidation sites excluding steroid dienone is 2. The molecule has 1 aliphatic carbocycles. The van der Waals surface area contributed by atoms with Gasteiger partial charge in [-0.3, -0.25) is 5.01 Å². The predicted molar refractivity (Wildman–Crippen MR) is 56.2 cm³/mol. The van der Waals surface area contributed by atoms with Crippen molar-refractivity contribution in [2.45, 2.75) is 18.9 Å². The number of nitrogens with one attached hydrogen (secondary N) is 1. The Labute approximate surface area is 85.0 Å². The van der Waals surface area contributed by atoms with Gasteiger partial charge in [0.15, 0.2) is 0 Å². The van der Waals surface area contributed by atoms with Crippen molar-refractivity contribution in [3.8, 4) is 0 Å². The van der Waals surface area contributed by atoms with Crippen LogP contribution in [0.25, 0.3) is 0 Å². The number of rotatable bonds is 2. The van der Waals surface area contributed by atoms with Crippen molar-refractivity contribution < 1.29 is 0 Å². The highest BCUT2D eigenvalue weighted by molar-refractivity contribution is 5.27. The number of nitrogens with zero attached hydrogens (tertiary/aromatic N) is 2. The summed E-state index contributed by atoms with van der Waals surface area (Å²) in [6, 6.07) is 0.665. The normalized spacial score (nSPS) is 28.4. The summed E-state index contributed by atoms with van der Waals surface area (Å²) in [4.78, 5) is 2.34. The average molecular weight is 191 g/mol. The molecular weight excluding hydrogens is 174 g/mol. The van der Waals surface area contributed by atoms with Crippen molar-refractivity contribution in [1.29, 1.82) is 0 Å². The molecule has 0 amide bonds. The minimum atomic E-state index is 0.665. The zero-order valence-corrected chi connectivity index (χ0v) is 8.61. The van der Waals surface area contributed by atoms with Gasteiger partial charge in [-0.2, -0.15) is 0 Å². The first-order valence-corrected chi connectivity index (χ1v) is 5.44. The maximum atomic E-state index is 3.30. The number of hydrogen-bond acceptors (Lipinski definition) is 3. The Morgan fingerprint density at radius 3 is 2.79 bits per heavy atom. The van der Waals surface area contributed by atoms with Gasteiger partial charge in [-0.1, -0.05) is 0 Å². The number of likely N-dealkylation sites (N-methyl/N-ethyl adjacent to an activating group) is 1. The van der Waals surface area contributed by atoms with Gasteiger partial charge in [0.2, 0.25) is 0 Å². The molecule has 3 aliphatic rings. The minimum absolute atomic E-state index is 0.665. The van der Waals surface area contributed by atoms with Gasteiger partial charge >= 0.3 is 0 Å². The van der Waals surface area contributed by atoms with Crippen molar-refractivity contribution in [3.05, 3.63) is 24.0 Å². The van der Waals surface area contributed by atoms with Gasteiger partial charge in [-0.05, 0) is 37.5 Å². The molecule has 2 heterocycles. The number of hydrogen-bond donors (Lipinski definition) is 1. The fourth-order valence-corrected chi connectivity index (χ4v) is 2.17. The van der Waals surface area contributed by atoms with Crippen LogP contribution in [-0.2, 0) is 0 Å². The lowest BCUT2D eigenvalue weighted by atomic mass is 10.1. The van der Waals surface area contributed by atoms with Crippen LogP contribution < -0.4 is 5.43 Å². The summed E-state index contributed by atoms with van der Waals surface area (Å²) in [5.74, 6) is 0.855. The van der Waals surface area contributed by atoms with E-state index in [1.807, 2.05) is 0 Å². The molecule has 14 heavy (non-hydrogen) atoms. The Bertz CT molecular complexity index is 285. The number of likely N-dealkylation sites (tertiary alicyclic amines) is 1. The predicted octanol–water partition coefficient (Wildman–Crippen LogP) is 0.928. The molecule has 1 saturated carbocycles. The summed E-state index contributed by atoms with van der Waals surface area (Å²) < 4.78 is 0. The highest BCUT2D eigenvalue weighted by Gasteiger charge is 2.31. The molecule has 76 valence electrons. The third kappa shape index (κ3) is 1.42. The molecule has 2 fully saturated rings. The van der Waals surface area contributed by atoms with E-state index < -0.39 is 0 Å². The molecule has 0 spiro atoms. The molecule has 0 aromatic carbocycles. The monoisotopic (exact) mass is 191 g/mol. The molecule has 0 aromatic heterocycles. The van der Waals surface area contributed by atoms with Crippen molar-refractivity contribution in [1.82, 2.24) is 15.3 Å². The fraction of sp³-hybridized carbons (Fsp3) is 0.636. The highest BCUT2D eigenvalue weighted by atomic mass is 15.5. The van der Waals surface area contributed by atoms with Gasteiger partial charge in [0.05, 0.1) is 6.04 Å². The Morgan fingerprint density at radius 1 is 1.36 bits per heavy atom. The lowest BCUT2D eigenvalue weighted by Crippen LogP contribution is -2.59. The number of hydrazine groups is 1. The molecule has 0 aromatic rings. The van der Waals surface area contributed by atoms with E-state index in [4.69, 9.17) is 0 Å². The summed E-state index contributed by atoms with van der Waals surface area (Å²) in [7, 11) is 2.17. The summed E-state index contributed by atoms with van der Waals surface area (Å²) in [5.41, 5.74) is 4.82. The minimum Gasteiger partial charge on any atom is -0.306 e. The van der Waals surface area contributed by atoms with Crippen LogP contribution in [0.15, 0.2) is 24.0 Å². The van der Waals surface area contributed by atoms with Gasteiger partial charge in [0, 0.05) is 25.5 Å². The van der Waals surface area contributed by atoms with Crippen molar-refractivity contribution in [3.63, 3.8) is 0 Å². The van der Waals surface area contributed by atoms with Crippen molar-refractivity contribution >= 4 is 0 Å². The van der Waals surface area contributed by atoms with Crippen LogP contribution in [0, 0.1) is 5.92 Å². The molecule has 1 saturated heterocycles. The SMILES string of the molecule is CN1CC(N2C=C(C3CC3)C=CN2)C1. The molecule has 0 bridgehead atoms. The smallest absolute Gasteiger partial charge is 0.0750 e. The van der Waals surface area contributed by atoms with Gasteiger partial charge < -0.3 is 10.3 Å². The second-order valence-electron chi connectivity index (χ2n) is 4.65. The molecule has 3 nitrogen and oxygen atoms in total. The first-order chi connectivity index (χ1) is 6.83. The summed E-state index contributed by atoms with van der Waals surface area (Å²) in [6.45, 7) is 2.35. The van der Waals surface area contributed by atoms with Gasteiger partial charge in [-0.25, -0.2) is 0 Å². The zero-order valence-electron chi connectivity index (χ0n) is 8.61. The third-order valence-corrected chi connectivity index (χ3v) is 3.27. The van der Waals surface area contributed by atoms with Crippen LogP contribution in [0.2, 0.25) is 0 Å². The van der Waals surface area contributed by atoms with Crippen LogP contribution in [-0.4, -0.2) is 36.1 Å². The standard InChI is InChI=1S/C11H17N3/c1-13-7-11(8-13)14-6-10(4-5-12-14)9-2-3-9/h4-6,9,11-12H,2-3,7-8H2,1H3. The summed E-state index contributed by atoms with van der Waals surface area (Å²) in [6.07, 6.45) is 9.36. The third-order valence-electron chi connectivity index (χ3n) is 3.27. The van der Waals surface area contributed by atoms with Crippen LogP contribution in [0.5, 0.6) is 0 Å². The maximum absolute atomic E-state index is 3.30.